The minimum atomic E-state index is -0.855. The Morgan fingerprint density at radius 3 is 3.00 bits per heavy atom. The molecule has 0 aliphatic carbocycles. The van der Waals surface area contributed by atoms with Gasteiger partial charge in [0, 0.05) is 6.42 Å². The summed E-state index contributed by atoms with van der Waals surface area (Å²) in [6.07, 6.45) is 0.752. The van der Waals surface area contributed by atoms with E-state index in [1.54, 1.807) is 12.1 Å². The Balaban J connectivity index is 2.18. The van der Waals surface area contributed by atoms with Crippen LogP contribution in [-0.4, -0.2) is 13.9 Å². The molecule has 1 N–H and O–H groups in total. The second-order valence-electron chi connectivity index (χ2n) is 3.27. The van der Waals surface area contributed by atoms with Gasteiger partial charge < -0.3 is 5.11 Å². The van der Waals surface area contributed by atoms with Crippen molar-refractivity contribution in [2.45, 2.75) is 12.5 Å². The lowest BCUT2D eigenvalue weighted by Crippen LogP contribution is -2.04. The molecule has 0 saturated carbocycles. The maximum absolute atomic E-state index is 13.5. The molecule has 2 rings (SSSR count). The molecule has 84 valence electrons. The van der Waals surface area contributed by atoms with E-state index in [2.05, 4.69) is 8.75 Å². The molecular weight excluding hydrogens is 251 g/mol. The average Bonchev–Trinajstić information content (AvgIpc) is 2.78. The number of aliphatic hydroxyl groups is 1. The van der Waals surface area contributed by atoms with E-state index in [0.717, 1.165) is 11.7 Å². The molecule has 0 fully saturated rings. The Kier molecular flexibility index (Phi) is 3.48. The summed E-state index contributed by atoms with van der Waals surface area (Å²) >= 11 is 6.65. The van der Waals surface area contributed by atoms with Gasteiger partial charge in [0.05, 0.1) is 22.9 Å². The predicted octanol–water partition coefficient (Wildman–Crippen LogP) is 2.61. The van der Waals surface area contributed by atoms with Crippen LogP contribution in [0.5, 0.6) is 0 Å². The van der Waals surface area contributed by atoms with Crippen molar-refractivity contribution >= 4 is 23.3 Å². The Labute approximate surface area is 101 Å². The molecule has 0 amide bonds. The first-order valence-electron chi connectivity index (χ1n) is 4.57. The molecule has 16 heavy (non-hydrogen) atoms. The summed E-state index contributed by atoms with van der Waals surface area (Å²) in [7, 11) is 0. The molecule has 0 bridgehead atoms. The summed E-state index contributed by atoms with van der Waals surface area (Å²) in [6.45, 7) is 0. The van der Waals surface area contributed by atoms with Gasteiger partial charge in [-0.15, -0.1) is 0 Å². The van der Waals surface area contributed by atoms with E-state index < -0.39 is 11.9 Å². The molecule has 1 aromatic heterocycles. The maximum atomic E-state index is 13.5. The molecule has 2 aromatic rings. The highest BCUT2D eigenvalue weighted by molar-refractivity contribution is 6.99. The van der Waals surface area contributed by atoms with Crippen LogP contribution in [0.15, 0.2) is 24.4 Å². The number of hydrogen-bond acceptors (Lipinski definition) is 4. The molecule has 1 atom stereocenters. The second-order valence-corrected chi connectivity index (χ2v) is 4.23. The van der Waals surface area contributed by atoms with Gasteiger partial charge in [0.25, 0.3) is 0 Å². The minimum Gasteiger partial charge on any atom is -0.386 e. The number of aromatic nitrogens is 2. The molecule has 3 nitrogen and oxygen atoms in total. The summed E-state index contributed by atoms with van der Waals surface area (Å²) in [5.41, 5.74) is 0.817. The van der Waals surface area contributed by atoms with E-state index in [4.69, 9.17) is 11.6 Å². The number of nitrogens with zero attached hydrogens (tertiary/aromatic N) is 2. The summed E-state index contributed by atoms with van der Waals surface area (Å²) in [6, 6.07) is 4.70. The van der Waals surface area contributed by atoms with E-state index in [1.807, 2.05) is 0 Å². The molecule has 1 heterocycles. The van der Waals surface area contributed by atoms with Crippen LogP contribution < -0.4 is 0 Å². The fourth-order valence-electron chi connectivity index (χ4n) is 1.34. The van der Waals surface area contributed by atoms with Crippen LogP contribution in [0.4, 0.5) is 4.39 Å². The molecule has 0 radical (unpaired) electrons. The quantitative estimate of drug-likeness (QED) is 0.921. The van der Waals surface area contributed by atoms with Crippen molar-refractivity contribution in [2.75, 3.05) is 0 Å². The van der Waals surface area contributed by atoms with Gasteiger partial charge >= 0.3 is 0 Å². The average molecular weight is 259 g/mol. The number of halogens is 2. The van der Waals surface area contributed by atoms with Gasteiger partial charge in [-0.1, -0.05) is 23.7 Å². The summed E-state index contributed by atoms with van der Waals surface area (Å²) in [4.78, 5) is 0. The molecule has 6 heteroatoms. The first-order chi connectivity index (χ1) is 7.68. The zero-order valence-corrected chi connectivity index (χ0v) is 9.67. The summed E-state index contributed by atoms with van der Waals surface area (Å²) < 4.78 is 21.2. The van der Waals surface area contributed by atoms with Crippen molar-refractivity contribution in [3.8, 4) is 0 Å². The van der Waals surface area contributed by atoms with Gasteiger partial charge in [-0.2, -0.15) is 8.75 Å². The molecule has 1 aromatic carbocycles. The van der Waals surface area contributed by atoms with Crippen LogP contribution in [0.1, 0.15) is 17.4 Å². The molecular formula is C10H8ClFN2OS. The first-order valence-corrected chi connectivity index (χ1v) is 5.67. The third-order valence-electron chi connectivity index (χ3n) is 2.16. The molecule has 0 aliphatic heterocycles. The molecule has 1 unspecified atom stereocenters. The van der Waals surface area contributed by atoms with Crippen molar-refractivity contribution in [1.82, 2.24) is 8.75 Å². The number of hydrogen-bond donors (Lipinski definition) is 1. The summed E-state index contributed by atoms with van der Waals surface area (Å²) in [5.74, 6) is -0.494. The standard InChI is InChI=1S/C10H8ClFN2OS/c11-7-3-1-2-6(10(7)12)4-9(15)8-5-13-16-14-8/h1-3,5,9,15H,4H2. The first kappa shape index (κ1) is 11.4. The topological polar surface area (TPSA) is 46.0 Å². The highest BCUT2D eigenvalue weighted by Crippen LogP contribution is 2.23. The normalized spacial score (nSPS) is 12.7. The largest absolute Gasteiger partial charge is 0.386 e. The fourth-order valence-corrected chi connectivity index (χ4v) is 2.00. The van der Waals surface area contributed by atoms with Crippen LogP contribution in [0.2, 0.25) is 5.02 Å². The van der Waals surface area contributed by atoms with Crippen LogP contribution in [-0.2, 0) is 6.42 Å². The van der Waals surface area contributed by atoms with Crippen molar-refractivity contribution < 1.29 is 9.50 Å². The van der Waals surface area contributed by atoms with E-state index in [9.17, 15) is 9.50 Å². The van der Waals surface area contributed by atoms with Gasteiger partial charge in [-0.25, -0.2) is 4.39 Å². The van der Waals surface area contributed by atoms with Crippen molar-refractivity contribution in [3.05, 3.63) is 46.5 Å². The number of aliphatic hydroxyl groups excluding tert-OH is 1. The summed E-state index contributed by atoms with van der Waals surface area (Å²) in [5, 5.41) is 9.83. The third kappa shape index (κ3) is 2.37. The SMILES string of the molecule is OC(Cc1cccc(Cl)c1F)c1cnsn1. The Bertz CT molecular complexity index is 478. The number of rotatable bonds is 3. The Hall–Kier alpha value is -1.04. The molecule has 0 saturated heterocycles. The number of benzene rings is 1. The van der Waals surface area contributed by atoms with Gasteiger partial charge in [-0.05, 0) is 11.6 Å². The predicted molar refractivity (Wildman–Crippen MR) is 60.0 cm³/mol. The van der Waals surface area contributed by atoms with Gasteiger partial charge in [0.1, 0.15) is 17.6 Å². The Morgan fingerprint density at radius 1 is 1.50 bits per heavy atom. The monoisotopic (exact) mass is 258 g/mol. The van der Waals surface area contributed by atoms with Crippen molar-refractivity contribution in [1.29, 1.82) is 0 Å². The van der Waals surface area contributed by atoms with E-state index in [-0.39, 0.29) is 11.4 Å². The van der Waals surface area contributed by atoms with Crippen LogP contribution in [0, 0.1) is 5.82 Å². The highest BCUT2D eigenvalue weighted by atomic mass is 35.5. The zero-order valence-electron chi connectivity index (χ0n) is 8.10. The minimum absolute atomic E-state index is 0.0566. The highest BCUT2D eigenvalue weighted by Gasteiger charge is 2.15. The van der Waals surface area contributed by atoms with E-state index in [0.29, 0.717) is 11.3 Å². The maximum Gasteiger partial charge on any atom is 0.145 e. The van der Waals surface area contributed by atoms with E-state index >= 15 is 0 Å². The smallest absolute Gasteiger partial charge is 0.145 e. The van der Waals surface area contributed by atoms with Gasteiger partial charge in [0.15, 0.2) is 0 Å². The second kappa shape index (κ2) is 4.86. The van der Waals surface area contributed by atoms with E-state index in [1.165, 1.54) is 12.3 Å². The van der Waals surface area contributed by atoms with Gasteiger partial charge in [0.2, 0.25) is 0 Å². The lowest BCUT2D eigenvalue weighted by atomic mass is 10.1. The fraction of sp³-hybridized carbons (Fsp3) is 0.200. The zero-order chi connectivity index (χ0) is 11.5. The Morgan fingerprint density at radius 2 is 2.31 bits per heavy atom. The van der Waals surface area contributed by atoms with Crippen LogP contribution in [0.3, 0.4) is 0 Å². The molecule has 0 aliphatic rings. The lowest BCUT2D eigenvalue weighted by Gasteiger charge is -2.08. The lowest BCUT2D eigenvalue weighted by molar-refractivity contribution is 0.173. The third-order valence-corrected chi connectivity index (χ3v) is 2.95. The van der Waals surface area contributed by atoms with Gasteiger partial charge in [-0.3, -0.25) is 0 Å². The molecule has 0 spiro atoms. The van der Waals surface area contributed by atoms with Crippen molar-refractivity contribution in [2.24, 2.45) is 0 Å². The van der Waals surface area contributed by atoms with Crippen molar-refractivity contribution in [3.63, 3.8) is 0 Å². The van der Waals surface area contributed by atoms with Crippen LogP contribution in [0.25, 0.3) is 0 Å². The van der Waals surface area contributed by atoms with Crippen LogP contribution >= 0.6 is 23.3 Å².